The summed E-state index contributed by atoms with van der Waals surface area (Å²) >= 11 is 2.75. The van der Waals surface area contributed by atoms with Gasteiger partial charge in [0.1, 0.15) is 22.1 Å². The van der Waals surface area contributed by atoms with Crippen molar-refractivity contribution in [3.8, 4) is 16.3 Å². The minimum atomic E-state index is -0.541. The fourth-order valence-electron chi connectivity index (χ4n) is 3.22. The highest BCUT2D eigenvalue weighted by Crippen LogP contribution is 2.33. The van der Waals surface area contributed by atoms with E-state index in [1.807, 2.05) is 45.0 Å². The second-order valence-electron chi connectivity index (χ2n) is 8.23. The predicted molar refractivity (Wildman–Crippen MR) is 125 cm³/mol. The fraction of sp³-hybridized carbons (Fsp3) is 0.364. The number of fused-ring (bicyclic) bond motifs is 1. The number of nitrogens with one attached hydrogen (secondary N) is 1. The van der Waals surface area contributed by atoms with E-state index in [0.29, 0.717) is 41.1 Å². The molecule has 10 heteroatoms. The number of benzene rings is 1. The van der Waals surface area contributed by atoms with Crippen LogP contribution >= 0.6 is 22.7 Å². The Bertz CT molecular complexity index is 1150. The van der Waals surface area contributed by atoms with Gasteiger partial charge in [-0.05, 0) is 32.9 Å². The molecule has 1 N–H and O–H groups in total. The van der Waals surface area contributed by atoms with Gasteiger partial charge in [-0.3, -0.25) is 10.1 Å². The van der Waals surface area contributed by atoms with E-state index < -0.39 is 5.60 Å². The van der Waals surface area contributed by atoms with Crippen LogP contribution < -0.4 is 10.1 Å². The normalized spacial score (nSPS) is 13.4. The van der Waals surface area contributed by atoms with E-state index in [1.54, 1.807) is 17.4 Å². The van der Waals surface area contributed by atoms with E-state index >= 15 is 0 Å². The van der Waals surface area contributed by atoms with Crippen molar-refractivity contribution < 1.29 is 19.1 Å². The van der Waals surface area contributed by atoms with Crippen LogP contribution in [0.15, 0.2) is 29.6 Å². The summed E-state index contributed by atoms with van der Waals surface area (Å²) in [6.45, 7) is 6.49. The highest BCUT2D eigenvalue weighted by Gasteiger charge is 2.28. The molecule has 2 amide bonds. The van der Waals surface area contributed by atoms with E-state index in [2.05, 4.69) is 15.3 Å². The van der Waals surface area contributed by atoms with Gasteiger partial charge in [-0.2, -0.15) is 0 Å². The molecule has 8 nitrogen and oxygen atoms in total. The van der Waals surface area contributed by atoms with Gasteiger partial charge in [0.25, 0.3) is 5.91 Å². The lowest BCUT2D eigenvalue weighted by Gasteiger charge is -2.29. The number of hydrogen-bond donors (Lipinski definition) is 1. The summed E-state index contributed by atoms with van der Waals surface area (Å²) in [5.74, 6) is 0.383. The van der Waals surface area contributed by atoms with Gasteiger partial charge in [0.2, 0.25) is 0 Å². The molecule has 0 bridgehead atoms. The minimum Gasteiger partial charge on any atom is -0.496 e. The van der Waals surface area contributed by atoms with Crippen LogP contribution in [0.2, 0.25) is 0 Å². The average molecular weight is 473 g/mol. The van der Waals surface area contributed by atoms with Gasteiger partial charge < -0.3 is 14.4 Å². The van der Waals surface area contributed by atoms with Crippen LogP contribution in [0.5, 0.6) is 5.75 Å². The first-order chi connectivity index (χ1) is 15.2. The number of ether oxygens (including phenoxy) is 2. The Kier molecular flexibility index (Phi) is 6.16. The molecule has 2 aromatic heterocycles. The Hall–Kier alpha value is -2.98. The molecule has 0 atom stereocenters. The Morgan fingerprint density at radius 3 is 2.72 bits per heavy atom. The number of carbonyl (C=O) groups excluding carboxylic acids is 2. The molecule has 168 valence electrons. The van der Waals surface area contributed by atoms with E-state index in [9.17, 15) is 9.59 Å². The number of nitrogens with zero attached hydrogens (tertiary/aromatic N) is 3. The van der Waals surface area contributed by atoms with Crippen LogP contribution in [0.4, 0.5) is 9.93 Å². The maximum absolute atomic E-state index is 12.7. The number of anilines is 1. The summed E-state index contributed by atoms with van der Waals surface area (Å²) in [6.07, 6.45) is 0.281. The van der Waals surface area contributed by atoms with E-state index in [4.69, 9.17) is 9.47 Å². The van der Waals surface area contributed by atoms with Crippen molar-refractivity contribution in [3.05, 3.63) is 45.9 Å². The number of rotatable bonds is 4. The lowest BCUT2D eigenvalue weighted by Crippen LogP contribution is -2.39. The molecule has 1 aliphatic heterocycles. The first-order valence-corrected chi connectivity index (χ1v) is 11.8. The second-order valence-corrected chi connectivity index (χ2v) is 10.2. The number of aromatic nitrogens is 2. The van der Waals surface area contributed by atoms with Crippen LogP contribution in [0, 0.1) is 0 Å². The highest BCUT2D eigenvalue weighted by atomic mass is 32.1. The molecule has 3 aromatic rings. The molecule has 1 aromatic carbocycles. The standard InChI is InChI=1S/C22H24N4O4S2/c1-22(2,3)30-21(28)26-10-9-14-17(11-26)32-20(24-14)25-18(27)15-12-31-19(23-15)13-7-5-6-8-16(13)29-4/h5-8,12H,9-11H2,1-4H3,(H,24,25,27). The minimum absolute atomic E-state index is 0.319. The van der Waals surface area contributed by atoms with Crippen LogP contribution in [0.1, 0.15) is 41.8 Å². The summed E-state index contributed by atoms with van der Waals surface area (Å²) in [5, 5.41) is 5.76. The second kappa shape index (κ2) is 8.87. The van der Waals surface area contributed by atoms with Gasteiger partial charge in [0, 0.05) is 23.2 Å². The third kappa shape index (κ3) is 4.91. The summed E-state index contributed by atoms with van der Waals surface area (Å²) < 4.78 is 10.8. The first kappa shape index (κ1) is 22.2. The van der Waals surface area contributed by atoms with Crippen LogP contribution in [0.3, 0.4) is 0 Å². The molecule has 0 saturated carbocycles. The van der Waals surface area contributed by atoms with Crippen LogP contribution in [-0.2, 0) is 17.7 Å². The van der Waals surface area contributed by atoms with Crippen LogP contribution in [-0.4, -0.2) is 46.1 Å². The number of methoxy groups -OCH3 is 1. The Morgan fingerprint density at radius 1 is 1.19 bits per heavy atom. The van der Waals surface area contributed by atoms with Gasteiger partial charge in [-0.1, -0.05) is 23.5 Å². The number of hydrogen-bond acceptors (Lipinski definition) is 8. The van der Waals surface area contributed by atoms with Gasteiger partial charge in [0.15, 0.2) is 5.13 Å². The molecular formula is C22H24N4O4S2. The van der Waals surface area contributed by atoms with Gasteiger partial charge in [-0.25, -0.2) is 14.8 Å². The van der Waals surface area contributed by atoms with Gasteiger partial charge in [-0.15, -0.1) is 11.3 Å². The molecule has 32 heavy (non-hydrogen) atoms. The van der Waals surface area contributed by atoms with E-state index in [-0.39, 0.29) is 12.0 Å². The highest BCUT2D eigenvalue weighted by molar-refractivity contribution is 7.16. The maximum atomic E-state index is 12.7. The monoisotopic (exact) mass is 472 g/mol. The molecule has 0 spiro atoms. The van der Waals surface area contributed by atoms with Crippen molar-refractivity contribution in [1.29, 1.82) is 0 Å². The van der Waals surface area contributed by atoms with Crippen LogP contribution in [0.25, 0.3) is 10.6 Å². The molecule has 0 saturated heterocycles. The van der Waals surface area contributed by atoms with Gasteiger partial charge >= 0.3 is 6.09 Å². The number of thiazole rings is 2. The fourth-order valence-corrected chi connectivity index (χ4v) is 5.06. The summed E-state index contributed by atoms with van der Waals surface area (Å²) in [5.41, 5.74) is 1.52. The summed E-state index contributed by atoms with van der Waals surface area (Å²) in [7, 11) is 1.61. The first-order valence-electron chi connectivity index (χ1n) is 10.1. The van der Waals surface area contributed by atoms with E-state index in [1.165, 1.54) is 22.7 Å². The quantitative estimate of drug-likeness (QED) is 0.585. The molecular weight excluding hydrogens is 448 g/mol. The smallest absolute Gasteiger partial charge is 0.410 e. The zero-order chi connectivity index (χ0) is 22.9. The maximum Gasteiger partial charge on any atom is 0.410 e. The summed E-state index contributed by atoms with van der Waals surface area (Å²) in [4.78, 5) is 36.7. The Balaban J connectivity index is 1.44. The van der Waals surface area contributed by atoms with Crippen molar-refractivity contribution in [3.63, 3.8) is 0 Å². The third-order valence-electron chi connectivity index (χ3n) is 4.68. The molecule has 4 rings (SSSR count). The zero-order valence-corrected chi connectivity index (χ0v) is 19.9. The van der Waals surface area contributed by atoms with E-state index in [0.717, 1.165) is 16.1 Å². The Morgan fingerprint density at radius 2 is 1.97 bits per heavy atom. The molecule has 1 aliphatic rings. The number of amides is 2. The third-order valence-corrected chi connectivity index (χ3v) is 6.55. The lowest BCUT2D eigenvalue weighted by atomic mass is 10.2. The molecule has 3 heterocycles. The van der Waals surface area contributed by atoms with Crippen molar-refractivity contribution in [2.24, 2.45) is 0 Å². The predicted octanol–water partition coefficient (Wildman–Crippen LogP) is 4.82. The zero-order valence-electron chi connectivity index (χ0n) is 18.3. The number of para-hydroxylation sites is 1. The van der Waals surface area contributed by atoms with Crippen molar-refractivity contribution >= 4 is 39.8 Å². The number of carbonyl (C=O) groups is 2. The van der Waals surface area contributed by atoms with Crippen molar-refractivity contribution in [1.82, 2.24) is 14.9 Å². The SMILES string of the molecule is COc1ccccc1-c1nc(C(=O)Nc2nc3c(s2)CN(C(=O)OC(C)(C)C)CC3)cs1. The summed E-state index contributed by atoms with van der Waals surface area (Å²) in [6, 6.07) is 7.55. The molecule has 0 fully saturated rings. The topological polar surface area (TPSA) is 93.6 Å². The molecule has 0 unspecified atom stereocenters. The average Bonchev–Trinajstić information content (AvgIpc) is 3.38. The molecule has 0 aliphatic carbocycles. The Labute approximate surface area is 194 Å². The largest absolute Gasteiger partial charge is 0.496 e. The van der Waals surface area contributed by atoms with Gasteiger partial charge in [0.05, 0.1) is 24.9 Å². The lowest BCUT2D eigenvalue weighted by molar-refractivity contribution is 0.0225. The molecule has 0 radical (unpaired) electrons. The van der Waals surface area contributed by atoms with Crippen molar-refractivity contribution in [2.75, 3.05) is 19.0 Å². The van der Waals surface area contributed by atoms with Crippen molar-refractivity contribution in [2.45, 2.75) is 39.3 Å².